The quantitative estimate of drug-likeness (QED) is 0.183. The summed E-state index contributed by atoms with van der Waals surface area (Å²) in [5.41, 5.74) is 5.51. The van der Waals surface area contributed by atoms with Gasteiger partial charge in [-0.05, 0) is 6.42 Å². The zero-order valence-corrected chi connectivity index (χ0v) is 15.7. The highest BCUT2D eigenvalue weighted by Gasteiger charge is 2.20. The van der Waals surface area contributed by atoms with Crippen molar-refractivity contribution in [2.45, 2.75) is 117 Å². The summed E-state index contributed by atoms with van der Waals surface area (Å²) in [6.07, 6.45) is 20.6. The summed E-state index contributed by atoms with van der Waals surface area (Å²) in [5.74, 6) is 0.335. The third-order valence-electron chi connectivity index (χ3n) is 4.88. The highest BCUT2D eigenvalue weighted by Crippen LogP contribution is 2.23. The normalized spacial score (nSPS) is 11.8. The number of hydrogen-bond acceptors (Lipinski definition) is 1. The van der Waals surface area contributed by atoms with Crippen molar-refractivity contribution >= 4 is 5.84 Å². The highest BCUT2D eigenvalue weighted by molar-refractivity contribution is 5.82. The monoisotopic (exact) mass is 310 g/mol. The van der Waals surface area contributed by atoms with E-state index in [1.807, 2.05) is 0 Å². The number of nitrogens with one attached hydrogen (secondary N) is 1. The standard InChI is InChI=1S/C20H42N2/c1-4-5-6-7-8-9-10-11-12-13-14-15-16-17-18-20(2,3)19(21)22/h4-18H2,1-3H3,(H3,21,22). The van der Waals surface area contributed by atoms with Crippen molar-refractivity contribution in [1.29, 1.82) is 5.41 Å². The Balaban J connectivity index is 3.16. The average Bonchev–Trinajstić information content (AvgIpc) is 2.47. The van der Waals surface area contributed by atoms with Crippen LogP contribution in [0.25, 0.3) is 0 Å². The molecular weight excluding hydrogens is 268 g/mol. The molecule has 2 heteroatoms. The van der Waals surface area contributed by atoms with Gasteiger partial charge in [0.05, 0.1) is 5.84 Å². The molecular formula is C20H42N2. The van der Waals surface area contributed by atoms with Crippen molar-refractivity contribution in [3.63, 3.8) is 0 Å². The van der Waals surface area contributed by atoms with Gasteiger partial charge in [-0.2, -0.15) is 0 Å². The van der Waals surface area contributed by atoms with Crippen molar-refractivity contribution in [2.75, 3.05) is 0 Å². The van der Waals surface area contributed by atoms with Gasteiger partial charge in [0.2, 0.25) is 0 Å². The topological polar surface area (TPSA) is 49.9 Å². The molecule has 0 unspecified atom stereocenters. The Kier molecular flexibility index (Phi) is 13.7. The first-order chi connectivity index (χ1) is 10.5. The molecule has 0 radical (unpaired) electrons. The van der Waals surface area contributed by atoms with E-state index in [-0.39, 0.29) is 5.41 Å². The maximum atomic E-state index is 7.55. The van der Waals surface area contributed by atoms with Gasteiger partial charge in [0.1, 0.15) is 0 Å². The number of unbranched alkanes of at least 4 members (excludes halogenated alkanes) is 13. The molecule has 0 aromatic heterocycles. The number of rotatable bonds is 16. The van der Waals surface area contributed by atoms with Crippen LogP contribution in [0, 0.1) is 10.8 Å². The lowest BCUT2D eigenvalue weighted by Gasteiger charge is -2.22. The molecule has 0 amide bonds. The van der Waals surface area contributed by atoms with Crippen molar-refractivity contribution in [3.8, 4) is 0 Å². The summed E-state index contributed by atoms with van der Waals surface area (Å²) in [6, 6.07) is 0. The van der Waals surface area contributed by atoms with Crippen molar-refractivity contribution in [1.82, 2.24) is 0 Å². The van der Waals surface area contributed by atoms with E-state index in [0.29, 0.717) is 5.84 Å². The second kappa shape index (κ2) is 14.1. The Morgan fingerprint density at radius 3 is 1.32 bits per heavy atom. The molecule has 22 heavy (non-hydrogen) atoms. The zero-order valence-electron chi connectivity index (χ0n) is 15.7. The minimum absolute atomic E-state index is 0.100. The number of hydrogen-bond donors (Lipinski definition) is 2. The van der Waals surface area contributed by atoms with Gasteiger partial charge < -0.3 is 5.73 Å². The molecule has 0 aliphatic heterocycles. The molecule has 0 aliphatic carbocycles. The Labute approximate surface area is 140 Å². The first kappa shape index (κ1) is 21.5. The largest absolute Gasteiger partial charge is 0.387 e. The summed E-state index contributed by atoms with van der Waals surface area (Å²) < 4.78 is 0. The second-order valence-electron chi connectivity index (χ2n) is 7.64. The number of nitrogens with two attached hydrogens (primary N) is 1. The number of amidine groups is 1. The van der Waals surface area contributed by atoms with Crippen LogP contribution < -0.4 is 5.73 Å². The van der Waals surface area contributed by atoms with E-state index in [0.717, 1.165) is 6.42 Å². The molecule has 2 nitrogen and oxygen atoms in total. The van der Waals surface area contributed by atoms with E-state index < -0.39 is 0 Å². The minimum atomic E-state index is -0.100. The third-order valence-corrected chi connectivity index (χ3v) is 4.88. The van der Waals surface area contributed by atoms with Gasteiger partial charge in [-0.3, -0.25) is 5.41 Å². The molecule has 0 aromatic carbocycles. The first-order valence-corrected chi connectivity index (χ1v) is 9.85. The van der Waals surface area contributed by atoms with Crippen LogP contribution in [0.3, 0.4) is 0 Å². The summed E-state index contributed by atoms with van der Waals surface area (Å²) >= 11 is 0. The Morgan fingerprint density at radius 2 is 1.00 bits per heavy atom. The van der Waals surface area contributed by atoms with E-state index >= 15 is 0 Å². The molecule has 0 bridgehead atoms. The van der Waals surface area contributed by atoms with Crippen LogP contribution in [0.4, 0.5) is 0 Å². The van der Waals surface area contributed by atoms with Gasteiger partial charge in [-0.1, -0.05) is 111 Å². The maximum absolute atomic E-state index is 7.55. The Bertz CT molecular complexity index is 258. The summed E-state index contributed by atoms with van der Waals surface area (Å²) in [5, 5.41) is 7.55. The van der Waals surface area contributed by atoms with E-state index in [4.69, 9.17) is 11.1 Å². The SMILES string of the molecule is CCCCCCCCCCCCCCCCC(C)(C)C(=N)N. The molecule has 0 saturated carbocycles. The first-order valence-electron chi connectivity index (χ1n) is 9.85. The van der Waals surface area contributed by atoms with Gasteiger partial charge in [0, 0.05) is 5.41 Å². The van der Waals surface area contributed by atoms with Gasteiger partial charge in [-0.15, -0.1) is 0 Å². The molecule has 0 fully saturated rings. The molecule has 0 aliphatic rings. The van der Waals surface area contributed by atoms with Crippen LogP contribution in [0.5, 0.6) is 0 Å². The summed E-state index contributed by atoms with van der Waals surface area (Å²) in [6.45, 7) is 6.44. The van der Waals surface area contributed by atoms with E-state index in [9.17, 15) is 0 Å². The fraction of sp³-hybridized carbons (Fsp3) is 0.950. The lowest BCUT2D eigenvalue weighted by Crippen LogP contribution is -2.30. The highest BCUT2D eigenvalue weighted by atomic mass is 14.7. The molecule has 0 spiro atoms. The van der Waals surface area contributed by atoms with E-state index in [1.165, 1.54) is 89.9 Å². The van der Waals surface area contributed by atoms with Crippen LogP contribution in [0.1, 0.15) is 117 Å². The van der Waals surface area contributed by atoms with Crippen LogP contribution in [-0.2, 0) is 0 Å². The molecule has 0 saturated heterocycles. The van der Waals surface area contributed by atoms with Crippen LogP contribution in [-0.4, -0.2) is 5.84 Å². The predicted molar refractivity (Wildman–Crippen MR) is 101 cm³/mol. The smallest absolute Gasteiger partial charge is 0.0963 e. The predicted octanol–water partition coefficient (Wildman–Crippen LogP) is 6.82. The lowest BCUT2D eigenvalue weighted by molar-refractivity contribution is 0.431. The lowest BCUT2D eigenvalue weighted by atomic mass is 9.85. The van der Waals surface area contributed by atoms with Gasteiger partial charge in [0.25, 0.3) is 0 Å². The molecule has 0 heterocycles. The van der Waals surface area contributed by atoms with Crippen LogP contribution in [0.2, 0.25) is 0 Å². The van der Waals surface area contributed by atoms with Crippen molar-refractivity contribution in [3.05, 3.63) is 0 Å². The maximum Gasteiger partial charge on any atom is 0.0963 e. The van der Waals surface area contributed by atoms with Gasteiger partial charge >= 0.3 is 0 Å². The van der Waals surface area contributed by atoms with Gasteiger partial charge in [-0.25, -0.2) is 0 Å². The fourth-order valence-corrected chi connectivity index (χ4v) is 2.90. The molecule has 3 N–H and O–H groups in total. The van der Waals surface area contributed by atoms with Crippen molar-refractivity contribution < 1.29 is 0 Å². The van der Waals surface area contributed by atoms with Gasteiger partial charge in [0.15, 0.2) is 0 Å². The van der Waals surface area contributed by atoms with Crippen LogP contribution in [0.15, 0.2) is 0 Å². The zero-order chi connectivity index (χ0) is 16.7. The fourth-order valence-electron chi connectivity index (χ4n) is 2.90. The summed E-state index contributed by atoms with van der Waals surface area (Å²) in [7, 11) is 0. The van der Waals surface area contributed by atoms with E-state index in [2.05, 4.69) is 20.8 Å². The third kappa shape index (κ3) is 13.2. The minimum Gasteiger partial charge on any atom is -0.387 e. The Morgan fingerprint density at radius 1 is 0.682 bits per heavy atom. The van der Waals surface area contributed by atoms with E-state index in [1.54, 1.807) is 0 Å². The summed E-state index contributed by atoms with van der Waals surface area (Å²) in [4.78, 5) is 0. The molecule has 0 rings (SSSR count). The van der Waals surface area contributed by atoms with Crippen LogP contribution >= 0.6 is 0 Å². The Hall–Kier alpha value is -0.530. The molecule has 0 atom stereocenters. The molecule has 0 aromatic rings. The average molecular weight is 311 g/mol. The van der Waals surface area contributed by atoms with Crippen molar-refractivity contribution in [2.24, 2.45) is 11.1 Å². The molecule has 132 valence electrons. The second-order valence-corrected chi connectivity index (χ2v) is 7.64.